The van der Waals surface area contributed by atoms with Gasteiger partial charge in [0, 0.05) is 22.3 Å². The highest BCUT2D eigenvalue weighted by Crippen LogP contribution is 2.37. The number of amides is 2. The molecule has 0 aliphatic carbocycles. The summed E-state index contributed by atoms with van der Waals surface area (Å²) in [7, 11) is 0. The van der Waals surface area contributed by atoms with E-state index < -0.39 is 6.04 Å². The van der Waals surface area contributed by atoms with Crippen molar-refractivity contribution in [2.24, 2.45) is 0 Å². The number of fused-ring (bicyclic) bond motifs is 1. The molecule has 0 bridgehead atoms. The van der Waals surface area contributed by atoms with Crippen molar-refractivity contribution in [3.05, 3.63) is 106 Å². The van der Waals surface area contributed by atoms with Gasteiger partial charge in [-0.25, -0.2) is 4.39 Å². The maximum absolute atomic E-state index is 13.5. The Labute approximate surface area is 178 Å². The topological polar surface area (TPSA) is 49.4 Å². The highest BCUT2D eigenvalue weighted by molar-refractivity contribution is 6.30. The first-order valence-corrected chi connectivity index (χ1v) is 9.77. The third-order valence-electron chi connectivity index (χ3n) is 4.89. The molecule has 0 unspecified atom stereocenters. The highest BCUT2D eigenvalue weighted by atomic mass is 35.5. The van der Waals surface area contributed by atoms with Gasteiger partial charge >= 0.3 is 0 Å². The number of anilines is 1. The second-order valence-corrected chi connectivity index (χ2v) is 7.38. The lowest BCUT2D eigenvalue weighted by molar-refractivity contribution is -0.131. The van der Waals surface area contributed by atoms with Gasteiger partial charge in [-0.05, 0) is 47.5 Å². The van der Waals surface area contributed by atoms with Gasteiger partial charge in [-0.2, -0.15) is 0 Å². The minimum absolute atomic E-state index is 0.147. The Bertz CT molecular complexity index is 1110. The molecule has 3 aromatic carbocycles. The fourth-order valence-corrected chi connectivity index (χ4v) is 3.69. The van der Waals surface area contributed by atoms with E-state index in [1.54, 1.807) is 36.4 Å². The monoisotopic (exact) mass is 420 g/mol. The maximum Gasteiger partial charge on any atom is 0.247 e. The normalized spacial score (nSPS) is 16.1. The van der Waals surface area contributed by atoms with Crippen molar-refractivity contribution in [3.8, 4) is 0 Å². The molecule has 6 heteroatoms. The van der Waals surface area contributed by atoms with Gasteiger partial charge in [-0.1, -0.05) is 54.1 Å². The van der Waals surface area contributed by atoms with E-state index in [0.717, 1.165) is 5.56 Å². The second kappa shape index (κ2) is 8.51. The number of carbonyl (C=O) groups excluding carboxylic acids is 2. The molecule has 1 aliphatic rings. The van der Waals surface area contributed by atoms with E-state index in [4.69, 9.17) is 11.6 Å². The van der Waals surface area contributed by atoms with Gasteiger partial charge in [0.2, 0.25) is 11.8 Å². The van der Waals surface area contributed by atoms with E-state index in [0.29, 0.717) is 21.8 Å². The predicted octanol–water partition coefficient (Wildman–Crippen LogP) is 5.06. The molecule has 0 spiro atoms. The van der Waals surface area contributed by atoms with E-state index in [1.165, 1.54) is 23.1 Å². The molecule has 0 saturated heterocycles. The molecular formula is C24H18ClFN2O2. The van der Waals surface area contributed by atoms with Gasteiger partial charge in [0.15, 0.2) is 0 Å². The molecule has 1 aliphatic heterocycles. The van der Waals surface area contributed by atoms with Gasteiger partial charge in [0.05, 0.1) is 6.04 Å². The first kappa shape index (κ1) is 19.9. The predicted molar refractivity (Wildman–Crippen MR) is 116 cm³/mol. The van der Waals surface area contributed by atoms with Crippen LogP contribution in [0.3, 0.4) is 0 Å². The van der Waals surface area contributed by atoms with E-state index in [2.05, 4.69) is 5.32 Å². The van der Waals surface area contributed by atoms with E-state index in [9.17, 15) is 14.0 Å². The van der Waals surface area contributed by atoms with Crippen molar-refractivity contribution in [3.63, 3.8) is 0 Å². The lowest BCUT2D eigenvalue weighted by Gasteiger charge is -2.29. The van der Waals surface area contributed by atoms with Gasteiger partial charge in [-0.3, -0.25) is 9.59 Å². The minimum atomic E-state index is -0.605. The Morgan fingerprint density at radius 1 is 1.07 bits per heavy atom. The summed E-state index contributed by atoms with van der Waals surface area (Å²) in [4.78, 5) is 27.2. The Kier molecular flexibility index (Phi) is 5.63. The zero-order valence-electron chi connectivity index (χ0n) is 15.9. The van der Waals surface area contributed by atoms with Crippen LogP contribution in [0.1, 0.15) is 22.7 Å². The molecule has 4 rings (SSSR count). The number of nitrogens with one attached hydrogen (secondary N) is 1. The van der Waals surface area contributed by atoms with Crippen LogP contribution in [0.25, 0.3) is 6.08 Å². The molecule has 3 aromatic rings. The summed E-state index contributed by atoms with van der Waals surface area (Å²) in [6.07, 6.45) is 3.14. The second-order valence-electron chi connectivity index (χ2n) is 6.94. The number of rotatable bonds is 3. The molecule has 0 saturated carbocycles. The number of carbonyl (C=O) groups is 2. The summed E-state index contributed by atoms with van der Waals surface area (Å²) in [6.45, 7) is -0.147. The quantitative estimate of drug-likeness (QED) is 0.602. The van der Waals surface area contributed by atoms with Gasteiger partial charge in [0.1, 0.15) is 12.4 Å². The lowest BCUT2D eigenvalue weighted by atomic mass is 9.95. The van der Waals surface area contributed by atoms with E-state index >= 15 is 0 Å². The summed E-state index contributed by atoms with van der Waals surface area (Å²) >= 11 is 6.22. The van der Waals surface area contributed by atoms with Crippen molar-refractivity contribution in [1.29, 1.82) is 0 Å². The smallest absolute Gasteiger partial charge is 0.247 e. The minimum Gasteiger partial charge on any atom is -0.324 e. The SMILES string of the molecule is O=C1CN(C(=O)/C=C/c2ccccc2)[C@H](c2ccc(F)cc2)c2cc(Cl)ccc2N1. The molecule has 0 aromatic heterocycles. The number of nitrogens with zero attached hydrogens (tertiary/aromatic N) is 1. The molecule has 150 valence electrons. The molecule has 1 heterocycles. The van der Waals surface area contributed by atoms with Crippen LogP contribution in [-0.2, 0) is 9.59 Å². The van der Waals surface area contributed by atoms with Crippen molar-refractivity contribution in [2.75, 3.05) is 11.9 Å². The van der Waals surface area contributed by atoms with Crippen LogP contribution < -0.4 is 5.32 Å². The lowest BCUT2D eigenvalue weighted by Crippen LogP contribution is -2.38. The van der Waals surface area contributed by atoms with E-state index in [-0.39, 0.29) is 24.2 Å². The highest BCUT2D eigenvalue weighted by Gasteiger charge is 2.32. The zero-order chi connectivity index (χ0) is 21.1. The fraction of sp³-hybridized carbons (Fsp3) is 0.0833. The third-order valence-corrected chi connectivity index (χ3v) is 5.13. The molecular weight excluding hydrogens is 403 g/mol. The Morgan fingerprint density at radius 3 is 2.53 bits per heavy atom. The first-order valence-electron chi connectivity index (χ1n) is 9.40. The first-order chi connectivity index (χ1) is 14.5. The van der Waals surface area contributed by atoms with Crippen molar-refractivity contribution in [1.82, 2.24) is 4.90 Å². The van der Waals surface area contributed by atoms with Crippen molar-refractivity contribution >= 4 is 35.2 Å². The largest absolute Gasteiger partial charge is 0.324 e. The van der Waals surface area contributed by atoms with Gasteiger partial charge < -0.3 is 10.2 Å². The summed E-state index contributed by atoms with van der Waals surface area (Å²) in [5.74, 6) is -1.03. The molecule has 30 heavy (non-hydrogen) atoms. The standard InChI is InChI=1S/C24H18ClFN2O2/c25-18-9-12-21-20(14-18)24(17-7-10-19(26)11-8-17)28(15-22(29)27-21)23(30)13-6-16-4-2-1-3-5-16/h1-14,24H,15H2,(H,27,29)/b13-6+/t24-/m1/s1. The Morgan fingerprint density at radius 2 is 1.80 bits per heavy atom. The summed E-state index contributed by atoms with van der Waals surface area (Å²) in [5, 5.41) is 3.31. The van der Waals surface area contributed by atoms with Crippen LogP contribution in [0, 0.1) is 5.82 Å². The molecule has 0 radical (unpaired) electrons. The van der Waals surface area contributed by atoms with Crippen LogP contribution in [0.2, 0.25) is 5.02 Å². The van der Waals surface area contributed by atoms with Crippen molar-refractivity contribution < 1.29 is 14.0 Å². The van der Waals surface area contributed by atoms with Crippen LogP contribution in [-0.4, -0.2) is 23.3 Å². The summed E-state index contributed by atoms with van der Waals surface area (Å²) in [6, 6.07) is 19.8. The number of halogens is 2. The number of hydrogen-bond donors (Lipinski definition) is 1. The summed E-state index contributed by atoms with van der Waals surface area (Å²) < 4.78 is 13.5. The molecule has 0 fully saturated rings. The van der Waals surface area contributed by atoms with Gasteiger partial charge in [-0.15, -0.1) is 0 Å². The van der Waals surface area contributed by atoms with Crippen LogP contribution in [0.5, 0.6) is 0 Å². The molecule has 4 nitrogen and oxygen atoms in total. The van der Waals surface area contributed by atoms with Crippen LogP contribution in [0.15, 0.2) is 78.9 Å². The number of benzene rings is 3. The third kappa shape index (κ3) is 4.26. The average Bonchev–Trinajstić information content (AvgIpc) is 2.89. The van der Waals surface area contributed by atoms with Crippen molar-refractivity contribution in [2.45, 2.75) is 6.04 Å². The Hall–Kier alpha value is -3.44. The summed E-state index contributed by atoms with van der Waals surface area (Å²) in [5.41, 5.74) is 2.78. The average molecular weight is 421 g/mol. The fourth-order valence-electron chi connectivity index (χ4n) is 3.51. The zero-order valence-corrected chi connectivity index (χ0v) is 16.6. The Balaban J connectivity index is 1.79. The molecule has 1 atom stereocenters. The molecule has 2 amide bonds. The van der Waals surface area contributed by atoms with E-state index in [1.807, 2.05) is 30.3 Å². The van der Waals surface area contributed by atoms with Crippen LogP contribution >= 0.6 is 11.6 Å². The maximum atomic E-state index is 13.5. The number of hydrogen-bond acceptors (Lipinski definition) is 2. The van der Waals surface area contributed by atoms with Crippen LogP contribution in [0.4, 0.5) is 10.1 Å². The van der Waals surface area contributed by atoms with Gasteiger partial charge in [0.25, 0.3) is 0 Å². The molecule has 1 N–H and O–H groups in total.